The summed E-state index contributed by atoms with van der Waals surface area (Å²) in [6.07, 6.45) is 3.76. The highest BCUT2D eigenvalue weighted by Gasteiger charge is 2.29. The third-order valence-electron chi connectivity index (χ3n) is 4.59. The zero-order valence-electron chi connectivity index (χ0n) is 16.8. The molecule has 0 spiro atoms. The molecule has 0 fully saturated rings. The minimum Gasteiger partial charge on any atom is -0.477 e. The standard InChI is InChI=1S/C19H20N6O2.C2H5Cl/c20-9-4-10-25-17(18(26)27)14-8-7-12-11-21-19(23-15(12)16(14)24-25)22-13-5-2-1-3-6-13;1-2-3/h1-3,5-6,11H,4,7-10,20H2,(H,26,27)(H,21,22,23);2H2,1H3. The molecule has 0 radical (unpaired) electrons. The van der Waals surface area contributed by atoms with Crippen LogP contribution in [0.4, 0.5) is 11.6 Å². The van der Waals surface area contributed by atoms with Crippen molar-refractivity contribution in [2.75, 3.05) is 17.7 Å². The van der Waals surface area contributed by atoms with E-state index in [2.05, 4.69) is 20.4 Å². The summed E-state index contributed by atoms with van der Waals surface area (Å²) in [4.78, 5) is 20.8. The fourth-order valence-corrected chi connectivity index (χ4v) is 3.33. The summed E-state index contributed by atoms with van der Waals surface area (Å²) in [5.74, 6) is 0.210. The Balaban J connectivity index is 0.000000806. The maximum atomic E-state index is 11.8. The Kier molecular flexibility index (Phi) is 7.37. The van der Waals surface area contributed by atoms with E-state index >= 15 is 0 Å². The van der Waals surface area contributed by atoms with E-state index in [0.29, 0.717) is 49.7 Å². The molecule has 0 unspecified atom stereocenters. The van der Waals surface area contributed by atoms with E-state index in [1.54, 1.807) is 10.9 Å². The molecular formula is C21H25ClN6O2. The van der Waals surface area contributed by atoms with Gasteiger partial charge in [-0.3, -0.25) is 4.68 Å². The average molecular weight is 429 g/mol. The molecule has 9 heteroatoms. The van der Waals surface area contributed by atoms with Crippen LogP contribution < -0.4 is 11.1 Å². The maximum absolute atomic E-state index is 11.8. The topological polar surface area (TPSA) is 119 Å². The number of fused-ring (bicyclic) bond motifs is 3. The number of nitrogens with one attached hydrogen (secondary N) is 1. The molecule has 30 heavy (non-hydrogen) atoms. The number of nitrogens with zero attached hydrogens (tertiary/aromatic N) is 4. The zero-order valence-corrected chi connectivity index (χ0v) is 17.6. The Bertz CT molecular complexity index is 1010. The van der Waals surface area contributed by atoms with Gasteiger partial charge in [0.15, 0.2) is 0 Å². The van der Waals surface area contributed by atoms with Gasteiger partial charge in [-0.15, -0.1) is 11.6 Å². The number of carbonyl (C=O) groups is 1. The Morgan fingerprint density at radius 3 is 2.67 bits per heavy atom. The fourth-order valence-electron chi connectivity index (χ4n) is 3.33. The molecule has 3 aromatic rings. The summed E-state index contributed by atoms with van der Waals surface area (Å²) < 4.78 is 1.54. The number of carboxylic acids is 1. The first-order chi connectivity index (χ1) is 14.6. The number of aromatic carboxylic acids is 1. The summed E-state index contributed by atoms with van der Waals surface area (Å²) in [6.45, 7) is 2.84. The highest BCUT2D eigenvalue weighted by Crippen LogP contribution is 2.34. The van der Waals surface area contributed by atoms with Gasteiger partial charge >= 0.3 is 5.97 Å². The van der Waals surface area contributed by atoms with Crippen LogP contribution in [-0.2, 0) is 19.4 Å². The van der Waals surface area contributed by atoms with E-state index in [1.807, 2.05) is 37.3 Å². The number of aromatic nitrogens is 4. The Morgan fingerprint density at radius 2 is 2.00 bits per heavy atom. The number of nitrogens with two attached hydrogens (primary N) is 1. The number of anilines is 2. The summed E-state index contributed by atoms with van der Waals surface area (Å²) >= 11 is 5.00. The lowest BCUT2D eigenvalue weighted by atomic mass is 9.93. The third-order valence-corrected chi connectivity index (χ3v) is 4.59. The smallest absolute Gasteiger partial charge is 0.354 e. The number of hydrogen-bond donors (Lipinski definition) is 3. The normalized spacial score (nSPS) is 11.7. The molecule has 1 aliphatic carbocycles. The highest BCUT2D eigenvalue weighted by atomic mass is 35.5. The quantitative estimate of drug-likeness (QED) is 0.514. The number of carboxylic acid groups (broad SMARTS) is 1. The van der Waals surface area contributed by atoms with Crippen LogP contribution in [0.3, 0.4) is 0 Å². The predicted octanol–water partition coefficient (Wildman–Crippen LogP) is 3.47. The van der Waals surface area contributed by atoms with Gasteiger partial charge in [0.25, 0.3) is 0 Å². The molecule has 0 amide bonds. The number of hydrogen-bond acceptors (Lipinski definition) is 6. The van der Waals surface area contributed by atoms with Crippen LogP contribution in [0, 0.1) is 0 Å². The average Bonchev–Trinajstić information content (AvgIpc) is 3.13. The fraction of sp³-hybridized carbons (Fsp3) is 0.333. The minimum absolute atomic E-state index is 0.236. The molecule has 1 aliphatic rings. The van der Waals surface area contributed by atoms with Gasteiger partial charge in [0, 0.05) is 29.9 Å². The first-order valence-corrected chi connectivity index (χ1v) is 10.4. The number of halogens is 1. The van der Waals surface area contributed by atoms with Crippen LogP contribution in [0.5, 0.6) is 0 Å². The molecule has 0 atom stereocenters. The van der Waals surface area contributed by atoms with Crippen molar-refractivity contribution in [3.05, 3.63) is 53.3 Å². The van der Waals surface area contributed by atoms with Crippen LogP contribution in [0.2, 0.25) is 0 Å². The number of alkyl halides is 1. The largest absolute Gasteiger partial charge is 0.477 e. The molecule has 2 aromatic heterocycles. The lowest BCUT2D eigenvalue weighted by molar-refractivity contribution is 0.0681. The zero-order chi connectivity index (χ0) is 21.5. The van der Waals surface area contributed by atoms with Crippen LogP contribution in [0.25, 0.3) is 11.4 Å². The van der Waals surface area contributed by atoms with Crippen LogP contribution in [0.1, 0.15) is 35.0 Å². The van der Waals surface area contributed by atoms with Crippen LogP contribution in [0.15, 0.2) is 36.5 Å². The molecule has 8 nitrogen and oxygen atoms in total. The molecule has 0 bridgehead atoms. The van der Waals surface area contributed by atoms with Crippen molar-refractivity contribution in [3.8, 4) is 11.4 Å². The van der Waals surface area contributed by atoms with Crippen LogP contribution in [-0.4, -0.2) is 43.2 Å². The lowest BCUT2D eigenvalue weighted by Crippen LogP contribution is -2.14. The molecule has 4 rings (SSSR count). The Hall–Kier alpha value is -2.97. The first-order valence-electron chi connectivity index (χ1n) is 9.86. The van der Waals surface area contributed by atoms with E-state index in [9.17, 15) is 9.90 Å². The van der Waals surface area contributed by atoms with Gasteiger partial charge in [-0.05, 0) is 43.5 Å². The Labute approximate surface area is 180 Å². The monoisotopic (exact) mass is 428 g/mol. The van der Waals surface area contributed by atoms with Gasteiger partial charge in [-0.1, -0.05) is 25.1 Å². The molecule has 0 saturated carbocycles. The SMILES string of the molecule is CCCl.NCCCn1nc2c(c1C(=O)O)CCc1cnc(Nc3ccccc3)nc1-2. The van der Waals surface area contributed by atoms with E-state index in [1.165, 1.54) is 0 Å². The summed E-state index contributed by atoms with van der Waals surface area (Å²) in [6, 6.07) is 9.65. The second-order valence-electron chi connectivity index (χ2n) is 6.67. The molecule has 1 aromatic carbocycles. The second-order valence-corrected chi connectivity index (χ2v) is 7.21. The van der Waals surface area contributed by atoms with Gasteiger partial charge in [0.1, 0.15) is 11.4 Å². The number of para-hydroxylation sites is 1. The highest BCUT2D eigenvalue weighted by molar-refractivity contribution is 6.17. The van der Waals surface area contributed by atoms with E-state index in [4.69, 9.17) is 17.3 Å². The Morgan fingerprint density at radius 1 is 1.27 bits per heavy atom. The summed E-state index contributed by atoms with van der Waals surface area (Å²) in [5, 5.41) is 17.4. The summed E-state index contributed by atoms with van der Waals surface area (Å²) in [7, 11) is 0. The van der Waals surface area contributed by atoms with Gasteiger partial charge in [0.2, 0.25) is 5.95 Å². The minimum atomic E-state index is -0.971. The third kappa shape index (κ3) is 4.77. The molecule has 158 valence electrons. The van der Waals surface area contributed by atoms with Crippen molar-refractivity contribution in [3.63, 3.8) is 0 Å². The van der Waals surface area contributed by atoms with Gasteiger partial charge < -0.3 is 16.2 Å². The van der Waals surface area contributed by atoms with Crippen molar-refractivity contribution in [2.45, 2.75) is 32.7 Å². The number of aryl methyl sites for hydroxylation is 2. The second kappa shape index (κ2) is 10.2. The molecule has 0 saturated heterocycles. The predicted molar refractivity (Wildman–Crippen MR) is 117 cm³/mol. The van der Waals surface area contributed by atoms with Crippen molar-refractivity contribution < 1.29 is 9.90 Å². The number of rotatable bonds is 6. The maximum Gasteiger partial charge on any atom is 0.354 e. The lowest BCUT2D eigenvalue weighted by Gasteiger charge is -2.15. The first kappa shape index (κ1) is 21.7. The van der Waals surface area contributed by atoms with Crippen molar-refractivity contribution in [1.29, 1.82) is 0 Å². The molecular weight excluding hydrogens is 404 g/mol. The van der Waals surface area contributed by atoms with E-state index in [0.717, 1.165) is 22.7 Å². The van der Waals surface area contributed by atoms with Crippen molar-refractivity contribution in [1.82, 2.24) is 19.7 Å². The molecule has 4 N–H and O–H groups in total. The van der Waals surface area contributed by atoms with E-state index in [-0.39, 0.29) is 5.69 Å². The number of benzene rings is 1. The van der Waals surface area contributed by atoms with Crippen molar-refractivity contribution in [2.24, 2.45) is 5.73 Å². The van der Waals surface area contributed by atoms with Gasteiger partial charge in [0.05, 0.1) is 5.69 Å². The summed E-state index contributed by atoms with van der Waals surface area (Å²) in [5.41, 5.74) is 9.72. The van der Waals surface area contributed by atoms with Crippen LogP contribution >= 0.6 is 11.6 Å². The molecule has 2 heterocycles. The van der Waals surface area contributed by atoms with Gasteiger partial charge in [-0.25, -0.2) is 14.8 Å². The van der Waals surface area contributed by atoms with E-state index < -0.39 is 5.97 Å². The van der Waals surface area contributed by atoms with Crippen molar-refractivity contribution >= 4 is 29.2 Å². The molecule has 0 aliphatic heterocycles. The van der Waals surface area contributed by atoms with Gasteiger partial charge in [-0.2, -0.15) is 5.10 Å².